The Morgan fingerprint density at radius 1 is 1.00 bits per heavy atom. The summed E-state index contributed by atoms with van der Waals surface area (Å²) in [6.07, 6.45) is 2.20. The minimum atomic E-state index is -0.611. The van der Waals surface area contributed by atoms with Crippen LogP contribution in [0.1, 0.15) is 26.7 Å². The summed E-state index contributed by atoms with van der Waals surface area (Å²) in [4.78, 5) is 0. The molecule has 0 atom stereocenters. The van der Waals surface area contributed by atoms with Gasteiger partial charge in [-0.15, -0.1) is 0 Å². The molecule has 3 heteroatoms. The van der Waals surface area contributed by atoms with Gasteiger partial charge in [0, 0.05) is 13.2 Å². The van der Waals surface area contributed by atoms with Crippen molar-refractivity contribution >= 4 is 21.2 Å². The van der Waals surface area contributed by atoms with Crippen LogP contribution in [-0.4, -0.2) is 34.4 Å². The van der Waals surface area contributed by atoms with E-state index in [1.165, 1.54) is 0 Å². The summed E-state index contributed by atoms with van der Waals surface area (Å²) in [5.41, 5.74) is 0. The maximum atomic E-state index is 5.20. The van der Waals surface area contributed by atoms with Crippen LogP contribution in [0, 0.1) is 0 Å². The minimum absolute atomic E-state index is 0.611. The van der Waals surface area contributed by atoms with E-state index in [1.54, 1.807) is 0 Å². The molecule has 0 unspecified atom stereocenters. The van der Waals surface area contributed by atoms with Crippen LogP contribution in [0.25, 0.3) is 0 Å². The largest absolute Gasteiger partial charge is 0.793 e. The van der Waals surface area contributed by atoms with Crippen LogP contribution in [0.5, 0.6) is 0 Å². The lowest BCUT2D eigenvalue weighted by Gasteiger charge is -2.00. The third-order valence-electron chi connectivity index (χ3n) is 0.864. The molecule has 0 rings (SSSR count). The van der Waals surface area contributed by atoms with Crippen molar-refractivity contribution in [3.8, 4) is 0 Å². The summed E-state index contributed by atoms with van der Waals surface area (Å²) in [5.74, 6) is 0. The molecule has 0 N–H and O–H groups in total. The summed E-state index contributed by atoms with van der Waals surface area (Å²) in [6, 6.07) is 0. The van der Waals surface area contributed by atoms with Crippen molar-refractivity contribution in [3.05, 3.63) is 0 Å². The monoisotopic (exact) mass is 142 g/mol. The minimum Gasteiger partial charge on any atom is -0.533 e. The van der Waals surface area contributed by atoms with Gasteiger partial charge in [-0.1, -0.05) is 13.8 Å². The molecule has 0 saturated carbocycles. The van der Waals surface area contributed by atoms with Crippen molar-refractivity contribution in [1.82, 2.24) is 0 Å². The molecule has 0 aliphatic heterocycles. The molecule has 0 aromatic carbocycles. The second-order valence-corrected chi connectivity index (χ2v) is 2.99. The lowest BCUT2D eigenvalue weighted by molar-refractivity contribution is 0.222. The zero-order valence-electron chi connectivity index (χ0n) is 6.35. The topological polar surface area (TPSA) is 18.5 Å². The average molecular weight is 142 g/mol. The van der Waals surface area contributed by atoms with Crippen molar-refractivity contribution in [1.29, 1.82) is 0 Å². The molecule has 0 aromatic heterocycles. The first-order valence-electron chi connectivity index (χ1n) is 3.57. The van der Waals surface area contributed by atoms with Crippen LogP contribution in [0.15, 0.2) is 0 Å². The third-order valence-corrected chi connectivity index (χ3v) is 1.77. The fourth-order valence-corrected chi connectivity index (χ4v) is 1.40. The van der Waals surface area contributed by atoms with E-state index in [4.69, 9.17) is 6.34 Å². The maximum Gasteiger partial charge on any atom is 0.793 e. The fourth-order valence-electron chi connectivity index (χ4n) is 0.465. The van der Waals surface area contributed by atoms with Gasteiger partial charge in [-0.05, 0) is 12.8 Å². The van der Waals surface area contributed by atoms with Gasteiger partial charge in [0.1, 0.15) is 0 Å². The molecule has 0 aliphatic carbocycles. The summed E-state index contributed by atoms with van der Waals surface area (Å²) in [5, 5.41) is 0. The molecule has 0 aliphatic rings. The van der Waals surface area contributed by atoms with Crippen molar-refractivity contribution in [3.63, 3.8) is 0 Å². The summed E-state index contributed by atoms with van der Waals surface area (Å²) < 4.78 is 10.4. The molecule has 0 fully saturated rings. The smallest absolute Gasteiger partial charge is 0.533 e. The van der Waals surface area contributed by atoms with Gasteiger partial charge in [0.2, 0.25) is 0 Å². The zero-order chi connectivity index (χ0) is 6.95. The molecule has 9 heavy (non-hydrogen) atoms. The van der Waals surface area contributed by atoms with Gasteiger partial charge >= 0.3 is 21.2 Å². The van der Waals surface area contributed by atoms with E-state index < -0.39 is 21.2 Å². The molecule has 0 heterocycles. The van der Waals surface area contributed by atoms with E-state index in [-0.39, 0.29) is 0 Å². The molecule has 0 saturated heterocycles. The molecule has 0 aromatic rings. The van der Waals surface area contributed by atoms with Crippen molar-refractivity contribution in [2.45, 2.75) is 26.7 Å². The lowest BCUT2D eigenvalue weighted by atomic mass is 10.5. The quantitative estimate of drug-likeness (QED) is 0.412. The first-order chi connectivity index (χ1) is 4.41. The van der Waals surface area contributed by atoms with Crippen molar-refractivity contribution in [2.75, 3.05) is 13.2 Å². The molecule has 0 amide bonds. The van der Waals surface area contributed by atoms with Crippen LogP contribution in [-0.2, 0) is 6.34 Å². The molecule has 52 valence electrons. The first-order valence-corrected chi connectivity index (χ1v) is 4.72. The maximum absolute atomic E-state index is 5.20. The van der Waals surface area contributed by atoms with Crippen LogP contribution in [0.2, 0.25) is 0 Å². The Morgan fingerprint density at radius 2 is 1.44 bits per heavy atom. The van der Waals surface area contributed by atoms with Gasteiger partial charge in [0.25, 0.3) is 0 Å². The first kappa shape index (κ1) is 9.69. The number of hydrogen-bond donors (Lipinski definition) is 0. The predicted molar refractivity (Wildman–Crippen MR) is 38.2 cm³/mol. The molecule has 0 spiro atoms. The van der Waals surface area contributed by atoms with Crippen LogP contribution in [0.4, 0.5) is 0 Å². The van der Waals surface area contributed by atoms with Gasteiger partial charge in [0.15, 0.2) is 0 Å². The van der Waals surface area contributed by atoms with Crippen molar-refractivity contribution in [2.24, 2.45) is 0 Å². The molecular formula is C6H14MgO2. The van der Waals surface area contributed by atoms with Gasteiger partial charge in [0.05, 0.1) is 0 Å². The number of hydrogen-bond acceptors (Lipinski definition) is 2. The highest BCUT2D eigenvalue weighted by Crippen LogP contribution is 1.81. The Bertz CT molecular complexity index is 44.3. The Balaban J connectivity index is 2.60. The average Bonchev–Trinajstić information content (AvgIpc) is 1.89. The molecule has 0 bridgehead atoms. The summed E-state index contributed by atoms with van der Waals surface area (Å²) >= 11 is -0.611. The standard InChI is InChI=1S/2C3H7O.Mg/c2*1-2-3-4;/h2*2-3H2,1H3;/q2*-1;+2. The molecular weight excluding hydrogens is 128 g/mol. The normalized spacial score (nSPS) is 9.11. The number of rotatable bonds is 6. The van der Waals surface area contributed by atoms with E-state index in [0.29, 0.717) is 0 Å². The Morgan fingerprint density at radius 3 is 1.78 bits per heavy atom. The van der Waals surface area contributed by atoms with Gasteiger partial charge < -0.3 is 6.34 Å². The van der Waals surface area contributed by atoms with Crippen LogP contribution >= 0.6 is 0 Å². The Hall–Kier alpha value is 0.686. The second kappa shape index (κ2) is 8.69. The summed E-state index contributed by atoms with van der Waals surface area (Å²) in [6.45, 7) is 5.95. The van der Waals surface area contributed by atoms with Crippen LogP contribution < -0.4 is 0 Å². The highest BCUT2D eigenvalue weighted by Gasteiger charge is 1.96. The van der Waals surface area contributed by atoms with E-state index in [0.717, 1.165) is 26.1 Å². The van der Waals surface area contributed by atoms with Gasteiger partial charge in [-0.3, -0.25) is 0 Å². The lowest BCUT2D eigenvalue weighted by Crippen LogP contribution is -2.05. The Labute approximate surface area is 67.7 Å². The molecule has 2 nitrogen and oxygen atoms in total. The highest BCUT2D eigenvalue weighted by atomic mass is 24.5. The third kappa shape index (κ3) is 8.69. The van der Waals surface area contributed by atoms with E-state index >= 15 is 0 Å². The van der Waals surface area contributed by atoms with Crippen LogP contribution in [0.3, 0.4) is 0 Å². The Kier molecular flexibility index (Phi) is 9.35. The highest BCUT2D eigenvalue weighted by molar-refractivity contribution is 6.17. The van der Waals surface area contributed by atoms with Gasteiger partial charge in [-0.25, -0.2) is 0 Å². The molecule has 0 radical (unpaired) electrons. The van der Waals surface area contributed by atoms with E-state index in [2.05, 4.69) is 13.8 Å². The SMILES string of the molecule is CCC[O][Mg][O]CCC. The van der Waals surface area contributed by atoms with Gasteiger partial charge in [-0.2, -0.15) is 0 Å². The van der Waals surface area contributed by atoms with Crippen molar-refractivity contribution < 1.29 is 6.34 Å². The fraction of sp³-hybridized carbons (Fsp3) is 1.00. The zero-order valence-corrected chi connectivity index (χ0v) is 7.77. The van der Waals surface area contributed by atoms with E-state index in [1.807, 2.05) is 0 Å². The second-order valence-electron chi connectivity index (χ2n) is 1.93. The summed E-state index contributed by atoms with van der Waals surface area (Å²) in [7, 11) is 0. The van der Waals surface area contributed by atoms with E-state index in [9.17, 15) is 0 Å². The predicted octanol–water partition coefficient (Wildman–Crippen LogP) is 1.37.